The van der Waals surface area contributed by atoms with Gasteiger partial charge in [-0.15, -0.1) is 11.3 Å². The number of hydrogen-bond donors (Lipinski definition) is 0. The second-order valence-electron chi connectivity index (χ2n) is 7.47. The van der Waals surface area contributed by atoms with E-state index in [4.69, 9.17) is 4.74 Å². The number of rotatable bonds is 4. The molecule has 0 radical (unpaired) electrons. The predicted molar refractivity (Wildman–Crippen MR) is 116 cm³/mol. The van der Waals surface area contributed by atoms with Gasteiger partial charge < -0.3 is 9.64 Å². The number of hydrogen-bond acceptors (Lipinski definition) is 4. The summed E-state index contributed by atoms with van der Waals surface area (Å²) in [6, 6.07) is 17.9. The summed E-state index contributed by atoms with van der Waals surface area (Å²) in [5.41, 5.74) is 5.01. The monoisotopic (exact) mass is 405 g/mol. The quantitative estimate of drug-likeness (QED) is 0.557. The van der Waals surface area contributed by atoms with E-state index in [1.165, 1.54) is 11.3 Å². The van der Waals surface area contributed by atoms with Crippen LogP contribution in [0.15, 0.2) is 60.0 Å². The first-order chi connectivity index (χ1) is 14.0. The molecule has 0 aliphatic carbocycles. The molecule has 0 saturated carbocycles. The minimum absolute atomic E-state index is 0.0471. The van der Waals surface area contributed by atoms with Crippen LogP contribution in [0.2, 0.25) is 0 Å². The molecule has 2 atom stereocenters. The summed E-state index contributed by atoms with van der Waals surface area (Å²) in [5, 5.41) is 1.87. The van der Waals surface area contributed by atoms with Gasteiger partial charge in [0.1, 0.15) is 4.88 Å². The van der Waals surface area contributed by atoms with Crippen LogP contribution in [-0.4, -0.2) is 24.0 Å². The molecule has 1 aliphatic rings. The van der Waals surface area contributed by atoms with Gasteiger partial charge in [-0.1, -0.05) is 48.0 Å². The van der Waals surface area contributed by atoms with Crippen molar-refractivity contribution in [3.05, 3.63) is 76.0 Å². The molecule has 0 unspecified atom stereocenters. The van der Waals surface area contributed by atoms with Gasteiger partial charge in [-0.05, 0) is 55.8 Å². The zero-order valence-corrected chi connectivity index (χ0v) is 17.5. The van der Waals surface area contributed by atoms with Gasteiger partial charge in [0.15, 0.2) is 6.10 Å². The lowest BCUT2D eigenvalue weighted by atomic mass is 10.1. The molecule has 1 aromatic heterocycles. The molecule has 5 heteroatoms. The molecule has 0 saturated heterocycles. The maximum Gasteiger partial charge on any atom is 0.349 e. The standard InChI is InChI=1S/C24H23NO3S/c1-15-8-10-18(11-9-15)20-12-13-29-22(20)24(27)28-17(3)23(26)25-16(2)14-19-6-4-5-7-21(19)25/h4-13,16-17H,14H2,1-3H3/t16-,17+/m1/s1. The van der Waals surface area contributed by atoms with E-state index in [1.54, 1.807) is 11.8 Å². The highest BCUT2D eigenvalue weighted by Crippen LogP contribution is 2.33. The largest absolute Gasteiger partial charge is 0.448 e. The highest BCUT2D eigenvalue weighted by Gasteiger charge is 2.34. The summed E-state index contributed by atoms with van der Waals surface area (Å²) in [5.74, 6) is -0.652. The van der Waals surface area contributed by atoms with Crippen LogP contribution < -0.4 is 4.90 Å². The zero-order valence-electron chi connectivity index (χ0n) is 16.7. The Kier molecular flexibility index (Phi) is 5.24. The average molecular weight is 406 g/mol. The SMILES string of the molecule is Cc1ccc(-c2ccsc2C(=O)O[C@@H](C)C(=O)N2c3ccccc3C[C@H]2C)cc1. The van der Waals surface area contributed by atoms with Crippen LogP contribution in [-0.2, 0) is 16.0 Å². The maximum absolute atomic E-state index is 13.1. The summed E-state index contributed by atoms with van der Waals surface area (Å²) in [4.78, 5) is 28.2. The van der Waals surface area contributed by atoms with Crippen molar-refractivity contribution < 1.29 is 14.3 Å². The smallest absolute Gasteiger partial charge is 0.349 e. The molecular formula is C24H23NO3S. The van der Waals surface area contributed by atoms with Gasteiger partial charge in [0.05, 0.1) is 0 Å². The normalized spacial score (nSPS) is 16.4. The first kappa shape index (κ1) is 19.4. The number of ether oxygens (including phenoxy) is 1. The molecule has 2 aromatic carbocycles. The Morgan fingerprint density at radius 1 is 1.10 bits per heavy atom. The van der Waals surface area contributed by atoms with E-state index in [1.807, 2.05) is 73.8 Å². The van der Waals surface area contributed by atoms with Gasteiger partial charge in [0.25, 0.3) is 5.91 Å². The van der Waals surface area contributed by atoms with Crippen LogP contribution in [0.25, 0.3) is 11.1 Å². The fraction of sp³-hybridized carbons (Fsp3) is 0.250. The molecule has 2 heterocycles. The fourth-order valence-electron chi connectivity index (χ4n) is 3.79. The average Bonchev–Trinajstić information content (AvgIpc) is 3.32. The fourth-order valence-corrected chi connectivity index (χ4v) is 4.59. The van der Waals surface area contributed by atoms with Crippen LogP contribution in [0.1, 0.15) is 34.6 Å². The number of nitrogens with zero attached hydrogens (tertiary/aromatic N) is 1. The third-order valence-corrected chi connectivity index (χ3v) is 6.18. The third-order valence-electron chi connectivity index (χ3n) is 5.29. The van der Waals surface area contributed by atoms with Crippen molar-refractivity contribution in [2.75, 3.05) is 4.90 Å². The molecule has 29 heavy (non-hydrogen) atoms. The lowest BCUT2D eigenvalue weighted by Crippen LogP contribution is -2.43. The van der Waals surface area contributed by atoms with Crippen molar-refractivity contribution >= 4 is 28.9 Å². The number of carbonyl (C=O) groups is 2. The van der Waals surface area contributed by atoms with Crippen LogP contribution >= 0.6 is 11.3 Å². The predicted octanol–water partition coefficient (Wildman–Crippen LogP) is 5.25. The zero-order chi connectivity index (χ0) is 20.5. The van der Waals surface area contributed by atoms with Crippen molar-refractivity contribution in [1.82, 2.24) is 0 Å². The minimum Gasteiger partial charge on any atom is -0.448 e. The minimum atomic E-state index is -0.857. The molecule has 4 nitrogen and oxygen atoms in total. The van der Waals surface area contributed by atoms with E-state index in [9.17, 15) is 9.59 Å². The number of esters is 1. The summed E-state index contributed by atoms with van der Waals surface area (Å²) < 4.78 is 5.60. The number of benzene rings is 2. The van der Waals surface area contributed by atoms with E-state index >= 15 is 0 Å². The molecule has 1 amide bonds. The number of thiophene rings is 1. The molecule has 4 rings (SSSR count). The molecule has 0 fully saturated rings. The summed E-state index contributed by atoms with van der Waals surface area (Å²) in [7, 11) is 0. The highest BCUT2D eigenvalue weighted by atomic mass is 32.1. The van der Waals surface area contributed by atoms with E-state index in [0.717, 1.165) is 34.4 Å². The summed E-state index contributed by atoms with van der Waals surface area (Å²) >= 11 is 1.33. The van der Waals surface area contributed by atoms with Gasteiger partial charge in [-0.25, -0.2) is 4.79 Å². The molecule has 0 bridgehead atoms. The van der Waals surface area contributed by atoms with Crippen LogP contribution in [0.3, 0.4) is 0 Å². The molecule has 148 valence electrons. The molecule has 3 aromatic rings. The maximum atomic E-state index is 13.1. The third kappa shape index (κ3) is 3.70. The number of aryl methyl sites for hydroxylation is 1. The van der Waals surface area contributed by atoms with Crippen molar-refractivity contribution in [2.24, 2.45) is 0 Å². The summed E-state index contributed by atoms with van der Waals surface area (Å²) in [6.45, 7) is 5.69. The molecule has 0 spiro atoms. The van der Waals surface area contributed by atoms with Crippen LogP contribution in [0.5, 0.6) is 0 Å². The van der Waals surface area contributed by atoms with Gasteiger partial charge >= 0.3 is 5.97 Å². The number of fused-ring (bicyclic) bond motifs is 1. The first-order valence-corrected chi connectivity index (χ1v) is 10.6. The Bertz CT molecular complexity index is 1050. The Hall–Kier alpha value is -2.92. The number of para-hydroxylation sites is 1. The van der Waals surface area contributed by atoms with Crippen molar-refractivity contribution in [2.45, 2.75) is 39.3 Å². The highest BCUT2D eigenvalue weighted by molar-refractivity contribution is 7.12. The lowest BCUT2D eigenvalue weighted by Gasteiger charge is -2.25. The Balaban J connectivity index is 1.52. The lowest BCUT2D eigenvalue weighted by molar-refractivity contribution is -0.126. The van der Waals surface area contributed by atoms with Crippen LogP contribution in [0, 0.1) is 6.92 Å². The van der Waals surface area contributed by atoms with Crippen molar-refractivity contribution in [3.8, 4) is 11.1 Å². The Labute approximate surface area is 174 Å². The topological polar surface area (TPSA) is 46.6 Å². The molecule has 1 aliphatic heterocycles. The van der Waals surface area contributed by atoms with E-state index in [2.05, 4.69) is 0 Å². The first-order valence-electron chi connectivity index (χ1n) is 9.72. The Morgan fingerprint density at radius 2 is 1.83 bits per heavy atom. The van der Waals surface area contributed by atoms with E-state index in [0.29, 0.717) is 4.88 Å². The van der Waals surface area contributed by atoms with Gasteiger partial charge in [0, 0.05) is 17.3 Å². The van der Waals surface area contributed by atoms with Crippen molar-refractivity contribution in [1.29, 1.82) is 0 Å². The Morgan fingerprint density at radius 3 is 2.59 bits per heavy atom. The number of carbonyl (C=O) groups excluding carboxylic acids is 2. The van der Waals surface area contributed by atoms with Gasteiger partial charge in [-0.2, -0.15) is 0 Å². The second kappa shape index (κ2) is 7.84. The second-order valence-corrected chi connectivity index (χ2v) is 8.38. The number of anilines is 1. The van der Waals surface area contributed by atoms with Crippen molar-refractivity contribution in [3.63, 3.8) is 0 Å². The van der Waals surface area contributed by atoms with Gasteiger partial charge in [-0.3, -0.25) is 4.79 Å². The van der Waals surface area contributed by atoms with E-state index in [-0.39, 0.29) is 11.9 Å². The number of amides is 1. The molecule has 0 N–H and O–H groups in total. The van der Waals surface area contributed by atoms with E-state index < -0.39 is 12.1 Å². The molecular weight excluding hydrogens is 382 g/mol. The summed E-state index contributed by atoms with van der Waals surface area (Å²) in [6.07, 6.45) is -0.0467. The van der Waals surface area contributed by atoms with Crippen LogP contribution in [0.4, 0.5) is 5.69 Å². The van der Waals surface area contributed by atoms with Gasteiger partial charge in [0.2, 0.25) is 0 Å².